The lowest BCUT2D eigenvalue weighted by molar-refractivity contribution is -0.149. The molecular weight excluding hydrogens is 588 g/mol. The molecule has 2 aromatic carbocycles. The Balaban J connectivity index is 1.60. The number of benzene rings is 2. The van der Waals surface area contributed by atoms with Crippen molar-refractivity contribution >= 4 is 41.0 Å². The molecule has 1 aliphatic rings. The van der Waals surface area contributed by atoms with E-state index in [1.165, 1.54) is 6.92 Å². The molecule has 3 aromatic rings. The number of aliphatic hydroxyl groups excluding tert-OH is 1. The second-order valence-corrected chi connectivity index (χ2v) is 12.6. The van der Waals surface area contributed by atoms with Crippen LogP contribution in [0.25, 0.3) is 10.8 Å². The number of aliphatic hydroxyl groups is 1. The summed E-state index contributed by atoms with van der Waals surface area (Å²) in [6, 6.07) is 11.3. The molecule has 0 amide bonds. The number of nitrogens with zero attached hydrogens (tertiary/aromatic N) is 2. The van der Waals surface area contributed by atoms with Crippen molar-refractivity contribution in [1.29, 1.82) is 0 Å². The summed E-state index contributed by atoms with van der Waals surface area (Å²) >= 11 is 5.66. The highest BCUT2D eigenvalue weighted by Crippen LogP contribution is 2.49. The number of aromatic nitrogens is 2. The number of nitrogens with two attached hydrogens (primary N) is 1. The zero-order chi connectivity index (χ0) is 30.1. The summed E-state index contributed by atoms with van der Waals surface area (Å²) in [5.41, 5.74) is 3.92. The molecule has 41 heavy (non-hydrogen) atoms. The fourth-order valence-corrected chi connectivity index (χ4v) is 6.44. The van der Waals surface area contributed by atoms with Crippen LogP contribution in [-0.2, 0) is 30.6 Å². The molecule has 4 rings (SSSR count). The molecule has 0 saturated carbocycles. The van der Waals surface area contributed by atoms with E-state index in [0.717, 1.165) is 5.39 Å². The first-order chi connectivity index (χ1) is 19.2. The molecule has 0 radical (unpaired) electrons. The van der Waals surface area contributed by atoms with Crippen molar-refractivity contribution in [2.24, 2.45) is 0 Å². The molecule has 11 nitrogen and oxygen atoms in total. The van der Waals surface area contributed by atoms with Crippen LogP contribution in [0.2, 0.25) is 0 Å². The zero-order valence-electron chi connectivity index (χ0n) is 22.1. The van der Waals surface area contributed by atoms with Gasteiger partial charge in [-0.3, -0.25) is 9.36 Å². The van der Waals surface area contributed by atoms with E-state index in [-0.39, 0.29) is 10.3 Å². The summed E-state index contributed by atoms with van der Waals surface area (Å²) in [5.74, 6) is -6.46. The van der Waals surface area contributed by atoms with E-state index >= 15 is 8.78 Å². The third-order valence-electron chi connectivity index (χ3n) is 6.00. The second kappa shape index (κ2) is 12.0. The molecule has 2 heterocycles. The molecule has 1 saturated heterocycles. The van der Waals surface area contributed by atoms with Crippen LogP contribution in [0.15, 0.2) is 53.5 Å². The number of halogens is 3. The summed E-state index contributed by atoms with van der Waals surface area (Å²) in [7, 11) is 0. The monoisotopic (exact) mass is 616 g/mol. The molecular formula is C25H28F3N4O7PS. The fraction of sp³-hybridized carbons (Fsp3) is 0.400. The van der Waals surface area contributed by atoms with Crippen molar-refractivity contribution in [3.63, 3.8) is 0 Å². The van der Waals surface area contributed by atoms with Crippen molar-refractivity contribution in [2.45, 2.75) is 57.3 Å². The van der Waals surface area contributed by atoms with Gasteiger partial charge in [0.1, 0.15) is 17.9 Å². The van der Waals surface area contributed by atoms with E-state index in [0.29, 0.717) is 11.6 Å². The molecule has 0 bridgehead atoms. The number of anilines is 1. The number of hydrogen-bond donors (Lipinski definition) is 3. The van der Waals surface area contributed by atoms with Gasteiger partial charge in [-0.1, -0.05) is 36.4 Å². The number of esters is 1. The Morgan fingerprint density at radius 1 is 1.27 bits per heavy atom. The fourth-order valence-electron chi connectivity index (χ4n) is 4.02. The summed E-state index contributed by atoms with van der Waals surface area (Å²) in [5, 5.41) is 14.7. The van der Waals surface area contributed by atoms with E-state index in [4.69, 9.17) is 36.1 Å². The number of ether oxygens (including phenoxy) is 2. The van der Waals surface area contributed by atoms with Crippen LogP contribution in [0.4, 0.5) is 19.0 Å². The Hall–Kier alpha value is -3.07. The Morgan fingerprint density at radius 3 is 2.66 bits per heavy atom. The highest BCUT2D eigenvalue weighted by Gasteiger charge is 2.60. The standard InChI is InChI=1S/C25H28F3N4O7PS/c1-13(2)37-22(34)14(3)31-40(41,39-18-10-6-8-15-7-4-5-9-16(15)18)36-12-19-20(33)25(27,28)23(38-19)32-11-17(26)21(29)30-24(32)35/h4-11,13-14,19-20,23,33H,12H2,1-3H3,(H,31,41)(H2,29,30,35)/t14-,19+,20+,23+,40?/m0/s1. The molecule has 0 aliphatic carbocycles. The Morgan fingerprint density at radius 2 is 1.95 bits per heavy atom. The van der Waals surface area contributed by atoms with Crippen LogP contribution in [0.5, 0.6) is 5.75 Å². The molecule has 222 valence electrons. The summed E-state index contributed by atoms with van der Waals surface area (Å²) < 4.78 is 66.5. The third kappa shape index (κ3) is 6.71. The van der Waals surface area contributed by atoms with Gasteiger partial charge in [-0.2, -0.15) is 13.8 Å². The van der Waals surface area contributed by atoms with Crippen LogP contribution >= 0.6 is 6.64 Å². The van der Waals surface area contributed by atoms with Crippen LogP contribution in [0.1, 0.15) is 27.0 Å². The first kappa shape index (κ1) is 30.9. The van der Waals surface area contributed by atoms with E-state index in [1.54, 1.807) is 38.1 Å². The van der Waals surface area contributed by atoms with Crippen LogP contribution in [0.3, 0.4) is 0 Å². The normalized spacial score (nSPS) is 22.4. The van der Waals surface area contributed by atoms with Crippen LogP contribution < -0.4 is 21.0 Å². The maximum atomic E-state index is 15.0. The van der Waals surface area contributed by atoms with Crippen molar-refractivity contribution < 1.29 is 41.6 Å². The first-order valence-corrected chi connectivity index (χ1v) is 15.0. The van der Waals surface area contributed by atoms with E-state index in [2.05, 4.69) is 10.1 Å². The molecule has 1 aliphatic heterocycles. The van der Waals surface area contributed by atoms with Crippen molar-refractivity contribution in [3.8, 4) is 5.75 Å². The SMILES string of the molecule is CC(C)OC(=O)[C@H](C)NP(=S)(OC[C@H]1O[C@@H](n2cc(F)c(N)nc2=O)C(F)(F)[C@@H]1O)Oc1cccc2ccccc12. The van der Waals surface area contributed by atoms with Crippen molar-refractivity contribution in [2.75, 3.05) is 12.3 Å². The van der Waals surface area contributed by atoms with Crippen molar-refractivity contribution in [1.82, 2.24) is 14.6 Å². The highest BCUT2D eigenvalue weighted by atomic mass is 32.5. The lowest BCUT2D eigenvalue weighted by atomic mass is 10.1. The van der Waals surface area contributed by atoms with Crippen LogP contribution in [0, 0.1) is 5.82 Å². The molecule has 1 fully saturated rings. The Labute approximate surface area is 237 Å². The number of nitrogens with one attached hydrogen (secondary N) is 1. The van der Waals surface area contributed by atoms with E-state index in [1.807, 2.05) is 18.2 Å². The number of carbonyl (C=O) groups is 1. The largest absolute Gasteiger partial charge is 0.462 e. The first-order valence-electron chi connectivity index (χ1n) is 12.4. The van der Waals surface area contributed by atoms with Gasteiger partial charge in [0.25, 0.3) is 0 Å². The minimum atomic E-state index is -4.07. The van der Waals surface area contributed by atoms with Gasteiger partial charge < -0.3 is 29.4 Å². The molecule has 5 atom stereocenters. The predicted octanol–water partition coefficient (Wildman–Crippen LogP) is 3.26. The number of rotatable bonds is 10. The molecule has 4 N–H and O–H groups in total. The van der Waals surface area contributed by atoms with Crippen molar-refractivity contribution in [3.05, 3.63) is 65.0 Å². The third-order valence-corrected chi connectivity index (χ3v) is 8.49. The Kier molecular flexibility index (Phi) is 9.07. The molecule has 0 spiro atoms. The summed E-state index contributed by atoms with van der Waals surface area (Å²) in [4.78, 5) is 27.8. The number of fused-ring (bicyclic) bond motifs is 1. The minimum Gasteiger partial charge on any atom is -0.462 e. The maximum Gasteiger partial charge on any atom is 0.352 e. The van der Waals surface area contributed by atoms with Gasteiger partial charge in [0, 0.05) is 5.39 Å². The van der Waals surface area contributed by atoms with Crippen LogP contribution in [-0.4, -0.2) is 57.5 Å². The molecule has 16 heteroatoms. The van der Waals surface area contributed by atoms with Gasteiger partial charge in [-0.25, -0.2) is 14.3 Å². The van der Waals surface area contributed by atoms with E-state index < -0.39 is 73.0 Å². The van der Waals surface area contributed by atoms with Gasteiger partial charge in [-0.15, -0.1) is 0 Å². The number of alkyl halides is 2. The number of hydrogen-bond acceptors (Lipinski definition) is 10. The van der Waals surface area contributed by atoms with Gasteiger partial charge in [-0.05, 0) is 44.0 Å². The topological polar surface area (TPSA) is 147 Å². The highest BCUT2D eigenvalue weighted by molar-refractivity contribution is 8.09. The summed E-state index contributed by atoms with van der Waals surface area (Å²) in [6.45, 7) is 0.277. The second-order valence-electron chi connectivity index (χ2n) is 9.51. The average Bonchev–Trinajstić information content (AvgIpc) is 3.13. The maximum absolute atomic E-state index is 15.0. The van der Waals surface area contributed by atoms with Gasteiger partial charge in [0.05, 0.1) is 18.9 Å². The molecule has 1 unspecified atom stereocenters. The van der Waals surface area contributed by atoms with E-state index in [9.17, 15) is 19.1 Å². The van der Waals surface area contributed by atoms with Gasteiger partial charge in [0.15, 0.2) is 17.7 Å². The smallest absolute Gasteiger partial charge is 0.352 e. The number of carbonyl (C=O) groups excluding carboxylic acids is 1. The Bertz CT molecular complexity index is 1540. The summed E-state index contributed by atoms with van der Waals surface area (Å²) in [6.07, 6.45) is -6.69. The lowest BCUT2D eigenvalue weighted by Crippen LogP contribution is -2.42. The molecule has 1 aromatic heterocycles. The minimum absolute atomic E-state index is 0.194. The average molecular weight is 617 g/mol. The van der Waals surface area contributed by atoms with Gasteiger partial charge in [0.2, 0.25) is 6.23 Å². The lowest BCUT2D eigenvalue weighted by Gasteiger charge is -2.28. The zero-order valence-corrected chi connectivity index (χ0v) is 23.8. The predicted molar refractivity (Wildman–Crippen MR) is 146 cm³/mol. The van der Waals surface area contributed by atoms with Gasteiger partial charge >= 0.3 is 24.2 Å². The number of nitrogen functional groups attached to an aromatic ring is 1. The quantitative estimate of drug-likeness (QED) is 0.228.